The Morgan fingerprint density at radius 2 is 2.04 bits per heavy atom. The monoisotopic (exact) mass is 376 g/mol. The number of nitrogens with zero attached hydrogens (tertiary/aromatic N) is 1. The number of carbonyl (C=O) groups is 2. The molecule has 0 saturated heterocycles. The number of rotatable bonds is 4. The molecule has 2 aromatic rings. The van der Waals surface area contributed by atoms with E-state index >= 15 is 0 Å². The summed E-state index contributed by atoms with van der Waals surface area (Å²) in [5.41, 5.74) is -0.879. The molecule has 1 amide bonds. The van der Waals surface area contributed by atoms with Gasteiger partial charge in [-0.25, -0.2) is 8.78 Å². The van der Waals surface area contributed by atoms with Gasteiger partial charge in [0.15, 0.2) is 11.5 Å². The number of aromatic nitrogens is 1. The smallest absolute Gasteiger partial charge is 0.257 e. The van der Waals surface area contributed by atoms with E-state index in [0.29, 0.717) is 24.6 Å². The van der Waals surface area contributed by atoms with Crippen LogP contribution in [0.15, 0.2) is 23.0 Å². The molecule has 2 heterocycles. The van der Waals surface area contributed by atoms with Gasteiger partial charge in [0.25, 0.3) is 5.91 Å². The molecule has 1 aliphatic heterocycles. The van der Waals surface area contributed by atoms with Crippen molar-refractivity contribution in [2.75, 3.05) is 0 Å². The van der Waals surface area contributed by atoms with Crippen molar-refractivity contribution in [2.45, 2.75) is 39.3 Å². The lowest BCUT2D eigenvalue weighted by Gasteiger charge is -2.18. The third-order valence-corrected chi connectivity index (χ3v) is 4.74. The van der Waals surface area contributed by atoms with Crippen molar-refractivity contribution in [3.8, 4) is 5.75 Å². The van der Waals surface area contributed by atoms with Crippen LogP contribution in [-0.4, -0.2) is 21.4 Å². The summed E-state index contributed by atoms with van der Waals surface area (Å²) < 4.78 is 28.2. The maximum atomic E-state index is 13.7. The average molecular weight is 376 g/mol. The highest BCUT2D eigenvalue weighted by Gasteiger charge is 2.32. The summed E-state index contributed by atoms with van der Waals surface area (Å²) >= 11 is 0. The van der Waals surface area contributed by atoms with E-state index < -0.39 is 34.5 Å². The Bertz CT molecular complexity index is 1010. The fourth-order valence-electron chi connectivity index (χ4n) is 3.43. The molecule has 0 fully saturated rings. The fraction of sp³-hybridized carbons (Fsp3) is 0.316. The van der Waals surface area contributed by atoms with Gasteiger partial charge in [-0.2, -0.15) is 0 Å². The van der Waals surface area contributed by atoms with E-state index in [-0.39, 0.29) is 29.4 Å². The van der Waals surface area contributed by atoms with E-state index in [1.165, 1.54) is 17.6 Å². The van der Waals surface area contributed by atoms with Crippen LogP contribution in [0.5, 0.6) is 5.75 Å². The van der Waals surface area contributed by atoms with Gasteiger partial charge in [-0.3, -0.25) is 14.4 Å². The van der Waals surface area contributed by atoms with Gasteiger partial charge in [-0.1, -0.05) is 6.07 Å². The number of fused-ring (bicyclic) bond motifs is 1. The van der Waals surface area contributed by atoms with Gasteiger partial charge in [-0.05, 0) is 25.8 Å². The number of halogens is 2. The lowest BCUT2D eigenvalue weighted by molar-refractivity contribution is 0.0942. The predicted molar refractivity (Wildman–Crippen MR) is 92.9 cm³/mol. The molecule has 27 heavy (non-hydrogen) atoms. The Labute approximate surface area is 153 Å². The van der Waals surface area contributed by atoms with Crippen LogP contribution in [0.4, 0.5) is 8.78 Å². The molecule has 142 valence electrons. The van der Waals surface area contributed by atoms with Crippen LogP contribution in [0.2, 0.25) is 0 Å². The number of carbonyl (C=O) groups excluding carboxylic acids is 2. The molecule has 0 saturated carbocycles. The number of ketones is 1. The van der Waals surface area contributed by atoms with Crippen molar-refractivity contribution in [1.82, 2.24) is 9.88 Å². The minimum atomic E-state index is -0.933. The van der Waals surface area contributed by atoms with Crippen molar-refractivity contribution in [3.63, 3.8) is 0 Å². The Hall–Kier alpha value is -3.03. The molecule has 0 radical (unpaired) electrons. The van der Waals surface area contributed by atoms with Crippen molar-refractivity contribution < 1.29 is 23.5 Å². The van der Waals surface area contributed by atoms with Crippen molar-refractivity contribution in [2.24, 2.45) is 0 Å². The first-order chi connectivity index (χ1) is 12.7. The second-order valence-corrected chi connectivity index (χ2v) is 6.58. The van der Waals surface area contributed by atoms with Crippen LogP contribution >= 0.6 is 0 Å². The number of benzene rings is 1. The van der Waals surface area contributed by atoms with Crippen LogP contribution in [-0.2, 0) is 13.0 Å². The molecule has 3 rings (SSSR count). The molecule has 2 N–H and O–H groups in total. The van der Waals surface area contributed by atoms with E-state index in [4.69, 9.17) is 0 Å². The number of amides is 1. The number of aromatic hydroxyl groups is 1. The molecular weight excluding hydrogens is 358 g/mol. The summed E-state index contributed by atoms with van der Waals surface area (Å²) in [6.07, 6.45) is 1.00. The molecule has 1 aliphatic rings. The Morgan fingerprint density at radius 3 is 2.67 bits per heavy atom. The van der Waals surface area contributed by atoms with Crippen LogP contribution in [0, 0.1) is 11.6 Å². The van der Waals surface area contributed by atoms with Gasteiger partial charge >= 0.3 is 0 Å². The summed E-state index contributed by atoms with van der Waals surface area (Å²) in [6, 6.07) is 2.79. The normalized spacial score (nSPS) is 15.5. The van der Waals surface area contributed by atoms with Crippen LogP contribution in [0.25, 0.3) is 0 Å². The number of hydrogen-bond acceptors (Lipinski definition) is 4. The van der Waals surface area contributed by atoms with Crippen molar-refractivity contribution in [1.29, 1.82) is 0 Å². The lowest BCUT2D eigenvalue weighted by Crippen LogP contribution is -2.32. The van der Waals surface area contributed by atoms with Crippen LogP contribution in [0.1, 0.15) is 58.4 Å². The summed E-state index contributed by atoms with van der Waals surface area (Å²) in [5.74, 6) is -3.58. The lowest BCUT2D eigenvalue weighted by atomic mass is 10.1. The van der Waals surface area contributed by atoms with Crippen molar-refractivity contribution in [3.05, 3.63) is 62.6 Å². The van der Waals surface area contributed by atoms with Crippen LogP contribution in [0.3, 0.4) is 0 Å². The van der Waals surface area contributed by atoms with Gasteiger partial charge in [0, 0.05) is 36.8 Å². The highest BCUT2D eigenvalue weighted by molar-refractivity contribution is 5.99. The van der Waals surface area contributed by atoms with Gasteiger partial charge in [-0.15, -0.1) is 0 Å². The zero-order valence-electron chi connectivity index (χ0n) is 14.8. The quantitative estimate of drug-likeness (QED) is 0.803. The van der Waals surface area contributed by atoms with E-state index in [0.717, 1.165) is 6.07 Å². The fourth-order valence-corrected chi connectivity index (χ4v) is 3.43. The second kappa shape index (κ2) is 6.94. The summed E-state index contributed by atoms with van der Waals surface area (Å²) in [7, 11) is 0. The van der Waals surface area contributed by atoms with Crippen molar-refractivity contribution >= 4 is 11.7 Å². The number of nitrogens with one attached hydrogen (secondary N) is 1. The molecule has 0 bridgehead atoms. The van der Waals surface area contributed by atoms with E-state index in [1.54, 1.807) is 0 Å². The number of Topliss-reactive ketones (excluding diaryl/α,β-unsaturated/α-hetero) is 1. The largest absolute Gasteiger partial charge is 0.503 e. The average Bonchev–Trinajstić information content (AvgIpc) is 2.96. The topological polar surface area (TPSA) is 88.4 Å². The summed E-state index contributed by atoms with van der Waals surface area (Å²) in [5, 5.41) is 12.6. The molecule has 6 nitrogen and oxygen atoms in total. The molecule has 0 aliphatic carbocycles. The third-order valence-electron chi connectivity index (χ3n) is 4.74. The first-order valence-corrected chi connectivity index (χ1v) is 8.45. The van der Waals surface area contributed by atoms with Gasteiger partial charge in [0.2, 0.25) is 5.43 Å². The molecule has 0 spiro atoms. The number of pyridine rings is 1. The molecular formula is C19H18F2N2O4. The molecule has 1 aromatic carbocycles. The zero-order valence-corrected chi connectivity index (χ0v) is 14.8. The highest BCUT2D eigenvalue weighted by atomic mass is 19.1. The Balaban J connectivity index is 1.99. The molecule has 8 heteroatoms. The Kier molecular flexibility index (Phi) is 4.82. The SMILES string of the molecule is CC(=O)c1c(O)c(=O)c(C(=O)NCc2ccc(F)cc2F)c2n1[C@@H](C)CC2. The van der Waals surface area contributed by atoms with E-state index in [2.05, 4.69) is 5.32 Å². The highest BCUT2D eigenvalue weighted by Crippen LogP contribution is 2.32. The minimum Gasteiger partial charge on any atom is -0.503 e. The Morgan fingerprint density at radius 1 is 1.33 bits per heavy atom. The third kappa shape index (κ3) is 3.22. The molecule has 0 unspecified atom stereocenters. The van der Waals surface area contributed by atoms with Gasteiger partial charge in [0.1, 0.15) is 22.9 Å². The first-order valence-electron chi connectivity index (χ1n) is 8.45. The van der Waals surface area contributed by atoms with Gasteiger partial charge < -0.3 is 15.0 Å². The zero-order chi connectivity index (χ0) is 19.9. The minimum absolute atomic E-state index is 0.0550. The second-order valence-electron chi connectivity index (χ2n) is 6.58. The maximum Gasteiger partial charge on any atom is 0.257 e. The predicted octanol–water partition coefficient (Wildman–Crippen LogP) is 2.47. The standard InChI is InChI=1S/C19H18F2N2O4/c1-9-3-6-14-15(17(25)18(26)16(10(2)24)23(9)14)19(27)22-8-11-4-5-12(20)7-13(11)21/h4-5,7,9,26H,3,6,8H2,1-2H3,(H,22,27)/t9-/m0/s1. The van der Waals surface area contributed by atoms with Crippen LogP contribution < -0.4 is 10.7 Å². The maximum absolute atomic E-state index is 13.7. The van der Waals surface area contributed by atoms with Gasteiger partial charge in [0.05, 0.1) is 0 Å². The van der Waals surface area contributed by atoms with E-state index in [9.17, 15) is 28.3 Å². The first kappa shape index (κ1) is 18.8. The van der Waals surface area contributed by atoms with E-state index in [1.807, 2.05) is 6.92 Å². The number of hydrogen-bond donors (Lipinski definition) is 2. The molecule has 1 atom stereocenters. The molecule has 1 aromatic heterocycles. The summed E-state index contributed by atoms with van der Waals surface area (Å²) in [6.45, 7) is 2.81. The summed E-state index contributed by atoms with van der Waals surface area (Å²) in [4.78, 5) is 37.0.